The van der Waals surface area contributed by atoms with Crippen molar-refractivity contribution in [2.24, 2.45) is 11.8 Å². The molecular formula is C25H40N2O5Si. The number of nitrogens with one attached hydrogen (secondary N) is 1. The lowest BCUT2D eigenvalue weighted by Crippen LogP contribution is -2.67. The first-order chi connectivity index (χ1) is 15.2. The van der Waals surface area contributed by atoms with Gasteiger partial charge in [-0.1, -0.05) is 32.9 Å². The summed E-state index contributed by atoms with van der Waals surface area (Å²) in [6, 6.07) is 6.39. The van der Waals surface area contributed by atoms with E-state index in [0.717, 1.165) is 0 Å². The Morgan fingerprint density at radius 2 is 1.70 bits per heavy atom. The quantitative estimate of drug-likeness (QED) is 0.249. The molecule has 1 aromatic carbocycles. The molecule has 0 unspecified atom stereocenters. The van der Waals surface area contributed by atoms with Gasteiger partial charge >= 0.3 is 5.97 Å². The number of carbonyl (C=O) groups excluding carboxylic acids is 3. The van der Waals surface area contributed by atoms with Crippen LogP contribution in [0.3, 0.4) is 0 Å². The molecule has 0 aromatic heterocycles. The van der Waals surface area contributed by atoms with E-state index < -0.39 is 26.1 Å². The van der Waals surface area contributed by atoms with Crippen molar-refractivity contribution >= 4 is 26.1 Å². The van der Waals surface area contributed by atoms with Crippen molar-refractivity contribution in [1.29, 1.82) is 0 Å². The highest BCUT2D eigenvalue weighted by molar-refractivity contribution is 6.74. The summed E-state index contributed by atoms with van der Waals surface area (Å²) < 4.78 is 12.1. The van der Waals surface area contributed by atoms with Crippen LogP contribution in [0.1, 0.15) is 58.8 Å². The van der Waals surface area contributed by atoms with Crippen molar-refractivity contribution in [2.45, 2.75) is 78.7 Å². The van der Waals surface area contributed by atoms with E-state index in [2.05, 4.69) is 39.2 Å². The van der Waals surface area contributed by atoms with Crippen molar-refractivity contribution in [2.75, 3.05) is 13.1 Å². The minimum absolute atomic E-state index is 0.0165. The molecule has 0 spiro atoms. The molecule has 7 nitrogen and oxygen atoms in total. The molecule has 1 aliphatic rings. The van der Waals surface area contributed by atoms with Crippen LogP contribution in [0.4, 0.5) is 0 Å². The Morgan fingerprint density at radius 1 is 1.12 bits per heavy atom. The van der Waals surface area contributed by atoms with Crippen LogP contribution >= 0.6 is 0 Å². The first-order valence-electron chi connectivity index (χ1n) is 11.8. The second kappa shape index (κ2) is 10.4. The number of nitrogens with zero attached hydrogens (tertiary/aromatic N) is 1. The third kappa shape index (κ3) is 5.84. The molecule has 4 atom stereocenters. The average molecular weight is 477 g/mol. The Labute approximate surface area is 199 Å². The van der Waals surface area contributed by atoms with Gasteiger partial charge in [-0.15, -0.1) is 0 Å². The Bertz CT molecular complexity index is 876. The molecule has 1 saturated heterocycles. The van der Waals surface area contributed by atoms with Crippen molar-refractivity contribution in [1.82, 2.24) is 10.2 Å². The van der Waals surface area contributed by atoms with Crippen LogP contribution in [0.2, 0.25) is 18.1 Å². The molecule has 1 fully saturated rings. The lowest BCUT2D eigenvalue weighted by atomic mass is 9.79. The summed E-state index contributed by atoms with van der Waals surface area (Å²) in [5.41, 5.74) is 0.352. The van der Waals surface area contributed by atoms with Gasteiger partial charge in [0.25, 0.3) is 5.91 Å². The largest absolute Gasteiger partial charge is 0.425 e. The minimum atomic E-state index is -2.07. The van der Waals surface area contributed by atoms with Crippen LogP contribution in [0.5, 0.6) is 5.75 Å². The summed E-state index contributed by atoms with van der Waals surface area (Å²) in [7, 11) is -2.07. The summed E-state index contributed by atoms with van der Waals surface area (Å²) in [6.07, 6.45) is -0.309. The zero-order chi connectivity index (χ0) is 25.1. The van der Waals surface area contributed by atoms with Gasteiger partial charge in [-0.05, 0) is 58.0 Å². The van der Waals surface area contributed by atoms with E-state index in [1.165, 1.54) is 0 Å². The highest BCUT2D eigenvalue weighted by Gasteiger charge is 2.50. The van der Waals surface area contributed by atoms with E-state index in [1.54, 1.807) is 36.1 Å². The molecule has 0 aliphatic carbocycles. The fourth-order valence-electron chi connectivity index (χ4n) is 3.83. The Morgan fingerprint density at radius 3 is 2.21 bits per heavy atom. The predicted octanol–water partition coefficient (Wildman–Crippen LogP) is 4.24. The number of esters is 1. The molecule has 1 aliphatic heterocycles. The van der Waals surface area contributed by atoms with E-state index >= 15 is 0 Å². The van der Waals surface area contributed by atoms with Crippen LogP contribution in [0, 0.1) is 11.8 Å². The van der Waals surface area contributed by atoms with Crippen molar-refractivity contribution in [3.63, 3.8) is 0 Å². The maximum Gasteiger partial charge on any atom is 0.316 e. The predicted molar refractivity (Wildman–Crippen MR) is 132 cm³/mol. The van der Waals surface area contributed by atoms with Gasteiger partial charge in [0, 0.05) is 13.1 Å². The van der Waals surface area contributed by atoms with Crippen LogP contribution in [-0.2, 0) is 14.0 Å². The van der Waals surface area contributed by atoms with Crippen LogP contribution in [0.15, 0.2) is 24.3 Å². The molecule has 0 bridgehead atoms. The second-order valence-corrected chi connectivity index (χ2v) is 15.1. The molecule has 2 rings (SSSR count). The highest BCUT2D eigenvalue weighted by atomic mass is 28.4. The van der Waals surface area contributed by atoms with E-state index in [1.807, 2.05) is 20.8 Å². The van der Waals surface area contributed by atoms with Gasteiger partial charge in [-0.3, -0.25) is 14.4 Å². The van der Waals surface area contributed by atoms with E-state index in [9.17, 15) is 14.4 Å². The summed E-state index contributed by atoms with van der Waals surface area (Å²) in [5.74, 6) is -1.54. The molecule has 0 radical (unpaired) electrons. The van der Waals surface area contributed by atoms with Crippen molar-refractivity contribution in [3.05, 3.63) is 29.8 Å². The number of ether oxygens (including phenoxy) is 1. The molecule has 33 heavy (non-hydrogen) atoms. The molecule has 1 heterocycles. The molecule has 1 aromatic rings. The van der Waals surface area contributed by atoms with Crippen molar-refractivity contribution < 1.29 is 23.5 Å². The number of hydrogen-bond acceptors (Lipinski definition) is 5. The number of carbonyl (C=O) groups is 3. The maximum absolute atomic E-state index is 13.0. The number of benzene rings is 1. The van der Waals surface area contributed by atoms with Crippen LogP contribution in [-0.4, -0.2) is 56.2 Å². The first-order valence-corrected chi connectivity index (χ1v) is 14.7. The maximum atomic E-state index is 13.0. The van der Waals surface area contributed by atoms with E-state index in [4.69, 9.17) is 9.16 Å². The molecule has 0 saturated carbocycles. The Balaban J connectivity index is 2.15. The number of rotatable bonds is 9. The Kier molecular flexibility index (Phi) is 8.51. The third-order valence-corrected chi connectivity index (χ3v) is 11.7. The van der Waals surface area contributed by atoms with Gasteiger partial charge in [-0.2, -0.15) is 0 Å². The van der Waals surface area contributed by atoms with Crippen molar-refractivity contribution in [3.8, 4) is 5.75 Å². The third-order valence-electron chi connectivity index (χ3n) is 7.08. The second-order valence-electron chi connectivity index (χ2n) is 10.3. The molecule has 8 heteroatoms. The zero-order valence-corrected chi connectivity index (χ0v) is 22.5. The smallest absolute Gasteiger partial charge is 0.316 e. The lowest BCUT2D eigenvalue weighted by molar-refractivity contribution is -0.149. The minimum Gasteiger partial charge on any atom is -0.425 e. The SMILES string of the molecule is CCN(CC)C(=O)c1ccccc1OC(=O)[C@H](C)[C@H]1NC(=O)[C@@H]1[C@@H](C)O[Si](C)(C)C(C)(C)C. The summed E-state index contributed by atoms with van der Waals surface area (Å²) in [4.78, 5) is 40.0. The molecule has 1 N–H and O–H groups in total. The van der Waals surface area contributed by atoms with E-state index in [0.29, 0.717) is 18.7 Å². The van der Waals surface area contributed by atoms with Gasteiger partial charge in [0.1, 0.15) is 5.75 Å². The fraction of sp³-hybridized carbons (Fsp3) is 0.640. The lowest BCUT2D eigenvalue weighted by Gasteiger charge is -2.46. The highest BCUT2D eigenvalue weighted by Crippen LogP contribution is 2.39. The van der Waals surface area contributed by atoms with Gasteiger partial charge in [0.05, 0.1) is 29.5 Å². The number of para-hydroxylation sites is 1. The molecule has 184 valence electrons. The monoisotopic (exact) mass is 476 g/mol. The van der Waals surface area contributed by atoms with Gasteiger partial charge in [0.2, 0.25) is 5.91 Å². The number of amides is 2. The zero-order valence-electron chi connectivity index (χ0n) is 21.5. The fourth-order valence-corrected chi connectivity index (χ4v) is 5.26. The first kappa shape index (κ1) is 27.1. The van der Waals surface area contributed by atoms with E-state index in [-0.39, 0.29) is 34.7 Å². The molecular weight excluding hydrogens is 436 g/mol. The standard InChI is InChI=1S/C25H40N2O5Si/c1-10-27(11-2)23(29)18-14-12-13-15-19(18)31-24(30)16(3)21-20(22(28)26-21)17(4)32-33(8,9)25(5,6)7/h12-17,20-21H,10-11H2,1-9H3,(H,26,28)/t16-,17-,20-,21-/m1/s1. The summed E-state index contributed by atoms with van der Waals surface area (Å²) >= 11 is 0. The number of β-lactam (4-membered cyclic amide) rings is 1. The van der Waals surface area contributed by atoms with Gasteiger partial charge < -0.3 is 19.4 Å². The van der Waals surface area contributed by atoms with Crippen LogP contribution in [0.25, 0.3) is 0 Å². The summed E-state index contributed by atoms with van der Waals surface area (Å²) in [5, 5.41) is 2.88. The topological polar surface area (TPSA) is 84.9 Å². The number of hydrogen-bond donors (Lipinski definition) is 1. The Hall–Kier alpha value is -2.19. The normalized spacial score (nSPS) is 20.3. The average Bonchev–Trinajstić information content (AvgIpc) is 2.71. The van der Waals surface area contributed by atoms with Gasteiger partial charge in [0.15, 0.2) is 8.32 Å². The van der Waals surface area contributed by atoms with Gasteiger partial charge in [-0.25, -0.2) is 0 Å². The van der Waals surface area contributed by atoms with Crippen LogP contribution < -0.4 is 10.1 Å². The summed E-state index contributed by atoms with van der Waals surface area (Å²) in [6.45, 7) is 19.4. The molecule has 2 amide bonds.